The summed E-state index contributed by atoms with van der Waals surface area (Å²) >= 11 is 0. The van der Waals surface area contributed by atoms with Crippen molar-refractivity contribution < 1.29 is 14.2 Å². The van der Waals surface area contributed by atoms with Crippen LogP contribution in [-0.2, 0) is 4.74 Å². The maximum absolute atomic E-state index is 9.17. The second-order valence-corrected chi connectivity index (χ2v) is 4.37. The molecule has 1 unspecified atom stereocenters. The third kappa shape index (κ3) is 2.74. The fourth-order valence-electron chi connectivity index (χ4n) is 2.03. The number of hydrogen-bond acceptors (Lipinski definition) is 4. The summed E-state index contributed by atoms with van der Waals surface area (Å²) in [4.78, 5) is 0. The molecule has 1 atom stereocenters. The Balaban J connectivity index is 2.27. The highest BCUT2D eigenvalue weighted by atomic mass is 16.7. The Morgan fingerprint density at radius 2 is 2.22 bits per heavy atom. The Morgan fingerprint density at radius 3 is 2.83 bits per heavy atom. The van der Waals surface area contributed by atoms with Gasteiger partial charge in [-0.1, -0.05) is 0 Å². The normalized spacial score (nSPS) is 19.1. The lowest BCUT2D eigenvalue weighted by Gasteiger charge is -2.24. The molecule has 0 bridgehead atoms. The first-order valence-corrected chi connectivity index (χ1v) is 6.11. The zero-order valence-corrected chi connectivity index (χ0v) is 10.7. The standard InChI is InChI=1S/C14H17NO3/c1-10-7-11(9-15)14(12(8-10)16-2)18-13-5-3-4-6-17-13/h7-8,13H,3-6H2,1-2H3. The number of rotatable bonds is 3. The molecule has 1 aliphatic rings. The van der Waals surface area contributed by atoms with Gasteiger partial charge >= 0.3 is 0 Å². The molecule has 18 heavy (non-hydrogen) atoms. The minimum Gasteiger partial charge on any atom is -0.493 e. The van der Waals surface area contributed by atoms with Crippen LogP contribution in [0.1, 0.15) is 30.4 Å². The first-order chi connectivity index (χ1) is 8.74. The highest BCUT2D eigenvalue weighted by molar-refractivity contribution is 5.54. The Morgan fingerprint density at radius 1 is 1.39 bits per heavy atom. The molecule has 0 amide bonds. The van der Waals surface area contributed by atoms with Crippen LogP contribution in [-0.4, -0.2) is 20.0 Å². The van der Waals surface area contributed by atoms with Gasteiger partial charge in [-0.3, -0.25) is 0 Å². The van der Waals surface area contributed by atoms with Crippen molar-refractivity contribution in [3.05, 3.63) is 23.3 Å². The van der Waals surface area contributed by atoms with Gasteiger partial charge in [0.15, 0.2) is 17.8 Å². The number of ether oxygens (including phenoxy) is 3. The van der Waals surface area contributed by atoms with E-state index in [0.29, 0.717) is 23.7 Å². The van der Waals surface area contributed by atoms with E-state index in [0.717, 1.165) is 24.8 Å². The van der Waals surface area contributed by atoms with Crippen LogP contribution in [0.5, 0.6) is 11.5 Å². The third-order valence-corrected chi connectivity index (χ3v) is 2.93. The van der Waals surface area contributed by atoms with Gasteiger partial charge in [-0.15, -0.1) is 0 Å². The predicted molar refractivity (Wildman–Crippen MR) is 66.7 cm³/mol. The van der Waals surface area contributed by atoms with Gasteiger partial charge in [0.1, 0.15) is 6.07 Å². The molecule has 0 radical (unpaired) electrons. The Bertz CT molecular complexity index is 459. The average molecular weight is 247 g/mol. The van der Waals surface area contributed by atoms with Crippen LogP contribution in [0.4, 0.5) is 0 Å². The highest BCUT2D eigenvalue weighted by Gasteiger charge is 2.20. The van der Waals surface area contributed by atoms with Crippen molar-refractivity contribution in [2.45, 2.75) is 32.5 Å². The molecule has 1 aromatic rings. The van der Waals surface area contributed by atoms with Crippen molar-refractivity contribution in [1.29, 1.82) is 5.26 Å². The summed E-state index contributed by atoms with van der Waals surface area (Å²) in [7, 11) is 1.57. The fraction of sp³-hybridized carbons (Fsp3) is 0.500. The molecule has 1 fully saturated rings. The van der Waals surface area contributed by atoms with Crippen molar-refractivity contribution in [1.82, 2.24) is 0 Å². The van der Waals surface area contributed by atoms with Crippen molar-refractivity contribution >= 4 is 0 Å². The molecule has 2 rings (SSSR count). The molecule has 1 aliphatic heterocycles. The molecule has 1 aromatic carbocycles. The van der Waals surface area contributed by atoms with Crippen LogP contribution in [0.25, 0.3) is 0 Å². The largest absolute Gasteiger partial charge is 0.493 e. The number of aryl methyl sites for hydroxylation is 1. The van der Waals surface area contributed by atoms with Crippen molar-refractivity contribution in [3.63, 3.8) is 0 Å². The average Bonchev–Trinajstić information content (AvgIpc) is 2.41. The molecule has 96 valence electrons. The molecule has 0 N–H and O–H groups in total. The number of benzene rings is 1. The van der Waals surface area contributed by atoms with E-state index in [4.69, 9.17) is 19.5 Å². The summed E-state index contributed by atoms with van der Waals surface area (Å²) in [6, 6.07) is 5.79. The van der Waals surface area contributed by atoms with Gasteiger partial charge in [-0.2, -0.15) is 5.26 Å². The minimum atomic E-state index is -0.276. The Kier molecular flexibility index (Phi) is 4.06. The van der Waals surface area contributed by atoms with Crippen LogP contribution >= 0.6 is 0 Å². The molecule has 0 aliphatic carbocycles. The zero-order valence-electron chi connectivity index (χ0n) is 10.7. The molecule has 0 saturated carbocycles. The highest BCUT2D eigenvalue weighted by Crippen LogP contribution is 2.34. The predicted octanol–water partition coefficient (Wildman–Crippen LogP) is 2.78. The number of hydrogen-bond donors (Lipinski definition) is 0. The van der Waals surface area contributed by atoms with E-state index in [-0.39, 0.29) is 6.29 Å². The van der Waals surface area contributed by atoms with E-state index in [9.17, 15) is 0 Å². The lowest BCUT2D eigenvalue weighted by atomic mass is 10.1. The Labute approximate surface area is 107 Å². The van der Waals surface area contributed by atoms with Crippen molar-refractivity contribution in [3.8, 4) is 17.6 Å². The van der Waals surface area contributed by atoms with Gasteiger partial charge in [0, 0.05) is 6.42 Å². The molecular formula is C14H17NO3. The Hall–Kier alpha value is -1.73. The van der Waals surface area contributed by atoms with Crippen LogP contribution in [0, 0.1) is 18.3 Å². The van der Waals surface area contributed by atoms with Gasteiger partial charge in [0.05, 0.1) is 19.3 Å². The van der Waals surface area contributed by atoms with E-state index in [2.05, 4.69) is 6.07 Å². The van der Waals surface area contributed by atoms with Crippen LogP contribution < -0.4 is 9.47 Å². The van der Waals surface area contributed by atoms with Gasteiger partial charge in [0.2, 0.25) is 0 Å². The number of nitriles is 1. The molecule has 0 spiro atoms. The molecule has 1 heterocycles. The lowest BCUT2D eigenvalue weighted by Crippen LogP contribution is -2.25. The second kappa shape index (κ2) is 5.74. The monoisotopic (exact) mass is 247 g/mol. The fourth-order valence-corrected chi connectivity index (χ4v) is 2.03. The summed E-state index contributed by atoms with van der Waals surface area (Å²) in [5.74, 6) is 1.07. The zero-order chi connectivity index (χ0) is 13.0. The summed E-state index contributed by atoms with van der Waals surface area (Å²) in [6.45, 7) is 2.63. The van der Waals surface area contributed by atoms with Crippen LogP contribution in [0.2, 0.25) is 0 Å². The minimum absolute atomic E-state index is 0.276. The number of nitrogens with zero attached hydrogens (tertiary/aromatic N) is 1. The van der Waals surface area contributed by atoms with Crippen LogP contribution in [0.15, 0.2) is 12.1 Å². The van der Waals surface area contributed by atoms with E-state index >= 15 is 0 Å². The van der Waals surface area contributed by atoms with E-state index in [1.165, 1.54) is 0 Å². The van der Waals surface area contributed by atoms with Gasteiger partial charge in [-0.05, 0) is 37.5 Å². The quantitative estimate of drug-likeness (QED) is 0.824. The lowest BCUT2D eigenvalue weighted by molar-refractivity contribution is -0.106. The molecule has 0 aromatic heterocycles. The van der Waals surface area contributed by atoms with Crippen molar-refractivity contribution in [2.75, 3.05) is 13.7 Å². The van der Waals surface area contributed by atoms with E-state index in [1.807, 2.05) is 13.0 Å². The second-order valence-electron chi connectivity index (χ2n) is 4.37. The summed E-state index contributed by atoms with van der Waals surface area (Å²) in [5, 5.41) is 9.17. The molecule has 4 nitrogen and oxygen atoms in total. The maximum atomic E-state index is 9.17. The molecule has 4 heteroatoms. The SMILES string of the molecule is COc1cc(C)cc(C#N)c1OC1CCCCO1. The molecular weight excluding hydrogens is 230 g/mol. The summed E-state index contributed by atoms with van der Waals surface area (Å²) in [5.41, 5.74) is 1.46. The van der Waals surface area contributed by atoms with E-state index < -0.39 is 0 Å². The maximum Gasteiger partial charge on any atom is 0.200 e. The smallest absolute Gasteiger partial charge is 0.200 e. The van der Waals surface area contributed by atoms with Gasteiger partial charge in [-0.25, -0.2) is 0 Å². The van der Waals surface area contributed by atoms with Crippen LogP contribution in [0.3, 0.4) is 0 Å². The van der Waals surface area contributed by atoms with Gasteiger partial charge in [0.25, 0.3) is 0 Å². The van der Waals surface area contributed by atoms with Crippen molar-refractivity contribution in [2.24, 2.45) is 0 Å². The summed E-state index contributed by atoms with van der Waals surface area (Å²) < 4.78 is 16.6. The van der Waals surface area contributed by atoms with Gasteiger partial charge < -0.3 is 14.2 Å². The number of methoxy groups -OCH3 is 1. The summed E-state index contributed by atoms with van der Waals surface area (Å²) in [6.07, 6.45) is 2.72. The molecule has 1 saturated heterocycles. The topological polar surface area (TPSA) is 51.5 Å². The first kappa shape index (κ1) is 12.7. The first-order valence-electron chi connectivity index (χ1n) is 6.11. The van der Waals surface area contributed by atoms with E-state index in [1.54, 1.807) is 13.2 Å². The third-order valence-electron chi connectivity index (χ3n) is 2.93.